The summed E-state index contributed by atoms with van der Waals surface area (Å²) >= 11 is 6.00. The van der Waals surface area contributed by atoms with Crippen LogP contribution < -0.4 is 0 Å². The van der Waals surface area contributed by atoms with Crippen molar-refractivity contribution in [3.05, 3.63) is 34.3 Å². The van der Waals surface area contributed by atoms with Gasteiger partial charge in [-0.15, -0.1) is 0 Å². The number of benzene rings is 1. The Morgan fingerprint density at radius 3 is 2.86 bits per heavy atom. The molecule has 0 heterocycles. The lowest BCUT2D eigenvalue weighted by Gasteiger charge is -2.28. The fourth-order valence-corrected chi connectivity index (χ4v) is 2.71. The second kappa shape index (κ2) is 3.94. The molecule has 2 rings (SSSR count). The van der Waals surface area contributed by atoms with E-state index in [2.05, 4.69) is 26.0 Å². The van der Waals surface area contributed by atoms with Crippen LogP contribution in [-0.4, -0.2) is 0 Å². The molecule has 0 aliphatic heterocycles. The van der Waals surface area contributed by atoms with Crippen molar-refractivity contribution in [2.75, 3.05) is 0 Å². The molecule has 0 N–H and O–H groups in total. The fraction of sp³-hybridized carbons (Fsp3) is 0.538. The molecule has 1 aliphatic rings. The van der Waals surface area contributed by atoms with Crippen LogP contribution in [0.3, 0.4) is 0 Å². The molecule has 0 bridgehead atoms. The second-order valence-corrected chi connectivity index (χ2v) is 5.02. The molecule has 76 valence electrons. The minimum atomic E-state index is 0.746. The summed E-state index contributed by atoms with van der Waals surface area (Å²) in [5.74, 6) is 1.49. The van der Waals surface area contributed by atoms with E-state index in [1.165, 1.54) is 30.4 Å². The van der Waals surface area contributed by atoms with Crippen molar-refractivity contribution in [3.63, 3.8) is 0 Å². The molecule has 0 radical (unpaired) electrons. The van der Waals surface area contributed by atoms with Gasteiger partial charge in [0.25, 0.3) is 0 Å². The zero-order valence-corrected chi connectivity index (χ0v) is 9.64. The highest BCUT2D eigenvalue weighted by atomic mass is 35.5. The van der Waals surface area contributed by atoms with Crippen molar-refractivity contribution in [2.45, 2.75) is 39.0 Å². The Bertz CT molecular complexity index is 328. The summed E-state index contributed by atoms with van der Waals surface area (Å²) in [4.78, 5) is 0. The van der Waals surface area contributed by atoms with Crippen LogP contribution in [-0.2, 0) is 6.42 Å². The van der Waals surface area contributed by atoms with Gasteiger partial charge in [0.05, 0.1) is 0 Å². The SMILES string of the molecule is CC(C)C1CCCc2cc(Cl)ccc21. The molecular formula is C13H17Cl. The Hall–Kier alpha value is -0.490. The van der Waals surface area contributed by atoms with Gasteiger partial charge in [0.1, 0.15) is 0 Å². The van der Waals surface area contributed by atoms with Crippen molar-refractivity contribution >= 4 is 11.6 Å². The molecule has 0 fully saturated rings. The maximum atomic E-state index is 6.00. The Balaban J connectivity index is 2.40. The van der Waals surface area contributed by atoms with Crippen LogP contribution in [0.2, 0.25) is 5.02 Å². The third-order valence-corrected chi connectivity index (χ3v) is 3.51. The van der Waals surface area contributed by atoms with E-state index in [0.29, 0.717) is 0 Å². The van der Waals surface area contributed by atoms with E-state index in [0.717, 1.165) is 16.9 Å². The van der Waals surface area contributed by atoms with Gasteiger partial charge in [0.15, 0.2) is 0 Å². The molecule has 0 amide bonds. The lowest BCUT2D eigenvalue weighted by molar-refractivity contribution is 0.433. The minimum Gasteiger partial charge on any atom is -0.0843 e. The summed E-state index contributed by atoms with van der Waals surface area (Å²) in [6.45, 7) is 4.63. The first-order valence-electron chi connectivity index (χ1n) is 5.47. The molecule has 1 unspecified atom stereocenters. The molecular weight excluding hydrogens is 192 g/mol. The molecule has 0 nitrogen and oxygen atoms in total. The lowest BCUT2D eigenvalue weighted by atomic mass is 9.77. The van der Waals surface area contributed by atoms with Gasteiger partial charge in [0.2, 0.25) is 0 Å². The van der Waals surface area contributed by atoms with Crippen molar-refractivity contribution in [2.24, 2.45) is 5.92 Å². The number of hydrogen-bond acceptors (Lipinski definition) is 0. The number of aryl methyl sites for hydroxylation is 1. The Labute approximate surface area is 91.3 Å². The van der Waals surface area contributed by atoms with Crippen molar-refractivity contribution in [1.82, 2.24) is 0 Å². The topological polar surface area (TPSA) is 0 Å². The fourth-order valence-electron chi connectivity index (χ4n) is 2.51. The van der Waals surface area contributed by atoms with E-state index in [1.54, 1.807) is 0 Å². The van der Waals surface area contributed by atoms with Crippen LogP contribution in [0, 0.1) is 5.92 Å². The predicted molar refractivity (Wildman–Crippen MR) is 62.0 cm³/mol. The molecule has 1 heteroatoms. The highest BCUT2D eigenvalue weighted by Gasteiger charge is 2.22. The van der Waals surface area contributed by atoms with Gasteiger partial charge >= 0.3 is 0 Å². The first-order valence-corrected chi connectivity index (χ1v) is 5.84. The lowest BCUT2D eigenvalue weighted by Crippen LogP contribution is -2.14. The molecule has 0 spiro atoms. The Morgan fingerprint density at radius 2 is 2.14 bits per heavy atom. The summed E-state index contributed by atoms with van der Waals surface area (Å²) in [7, 11) is 0. The van der Waals surface area contributed by atoms with Crippen molar-refractivity contribution in [3.8, 4) is 0 Å². The minimum absolute atomic E-state index is 0.746. The van der Waals surface area contributed by atoms with Gasteiger partial charge in [0, 0.05) is 5.02 Å². The Kier molecular flexibility index (Phi) is 2.83. The van der Waals surface area contributed by atoms with Crippen LogP contribution in [0.1, 0.15) is 43.7 Å². The molecule has 1 aromatic rings. The normalized spacial score (nSPS) is 21.0. The zero-order chi connectivity index (χ0) is 10.1. The summed E-state index contributed by atoms with van der Waals surface area (Å²) in [5, 5.41) is 0.883. The van der Waals surface area contributed by atoms with Gasteiger partial charge < -0.3 is 0 Å². The molecule has 0 saturated carbocycles. The van der Waals surface area contributed by atoms with Crippen molar-refractivity contribution in [1.29, 1.82) is 0 Å². The molecule has 0 aromatic heterocycles. The molecule has 1 atom stereocenters. The summed E-state index contributed by atoms with van der Waals surface area (Å²) in [6, 6.07) is 6.40. The predicted octanol–water partition coefficient (Wildman–Crippen LogP) is 4.42. The first kappa shape index (κ1) is 10.0. The third-order valence-electron chi connectivity index (χ3n) is 3.27. The van der Waals surface area contributed by atoms with E-state index in [4.69, 9.17) is 11.6 Å². The van der Waals surface area contributed by atoms with Crippen LogP contribution in [0.15, 0.2) is 18.2 Å². The standard InChI is InChI=1S/C13H17Cl/c1-9(2)12-5-3-4-10-8-11(14)6-7-13(10)12/h6-9,12H,3-5H2,1-2H3. The molecule has 14 heavy (non-hydrogen) atoms. The van der Waals surface area contributed by atoms with Gasteiger partial charge in [-0.05, 0) is 54.4 Å². The number of halogens is 1. The van der Waals surface area contributed by atoms with Gasteiger partial charge in [-0.3, -0.25) is 0 Å². The average molecular weight is 209 g/mol. The van der Waals surface area contributed by atoms with E-state index in [9.17, 15) is 0 Å². The van der Waals surface area contributed by atoms with Gasteiger partial charge in [-0.25, -0.2) is 0 Å². The van der Waals surface area contributed by atoms with E-state index < -0.39 is 0 Å². The van der Waals surface area contributed by atoms with Crippen LogP contribution >= 0.6 is 11.6 Å². The highest BCUT2D eigenvalue weighted by Crippen LogP contribution is 2.37. The largest absolute Gasteiger partial charge is 0.0843 e. The number of fused-ring (bicyclic) bond motifs is 1. The van der Waals surface area contributed by atoms with E-state index in [1.807, 2.05) is 6.07 Å². The number of hydrogen-bond donors (Lipinski definition) is 0. The monoisotopic (exact) mass is 208 g/mol. The van der Waals surface area contributed by atoms with E-state index >= 15 is 0 Å². The summed E-state index contributed by atoms with van der Waals surface area (Å²) in [6.07, 6.45) is 3.86. The van der Waals surface area contributed by atoms with Crippen LogP contribution in [0.4, 0.5) is 0 Å². The molecule has 0 saturated heterocycles. The molecule has 1 aromatic carbocycles. The van der Waals surface area contributed by atoms with Crippen LogP contribution in [0.25, 0.3) is 0 Å². The summed E-state index contributed by atoms with van der Waals surface area (Å²) < 4.78 is 0. The van der Waals surface area contributed by atoms with E-state index in [-0.39, 0.29) is 0 Å². The quantitative estimate of drug-likeness (QED) is 0.641. The maximum absolute atomic E-state index is 6.00. The smallest absolute Gasteiger partial charge is 0.0408 e. The Morgan fingerprint density at radius 1 is 1.36 bits per heavy atom. The highest BCUT2D eigenvalue weighted by molar-refractivity contribution is 6.30. The van der Waals surface area contributed by atoms with Gasteiger partial charge in [-0.2, -0.15) is 0 Å². The zero-order valence-electron chi connectivity index (χ0n) is 8.89. The summed E-state index contributed by atoms with van der Waals surface area (Å²) in [5.41, 5.74) is 3.01. The maximum Gasteiger partial charge on any atom is 0.0408 e. The average Bonchev–Trinajstić information content (AvgIpc) is 2.16. The van der Waals surface area contributed by atoms with Crippen LogP contribution in [0.5, 0.6) is 0 Å². The second-order valence-electron chi connectivity index (χ2n) is 4.59. The van der Waals surface area contributed by atoms with Gasteiger partial charge in [-0.1, -0.05) is 31.5 Å². The third kappa shape index (κ3) is 1.81. The molecule has 1 aliphatic carbocycles. The van der Waals surface area contributed by atoms with Crippen molar-refractivity contribution < 1.29 is 0 Å². The number of rotatable bonds is 1. The first-order chi connectivity index (χ1) is 6.68.